The molecule has 4 aliphatic rings. The molecule has 5 aromatic carbocycles. The summed E-state index contributed by atoms with van der Waals surface area (Å²) in [5.74, 6) is 2.27. The Labute approximate surface area is 280 Å². The average Bonchev–Trinajstić information content (AvgIpc) is 3.82. The highest BCUT2D eigenvalue weighted by Crippen LogP contribution is 2.62. The highest BCUT2D eigenvalue weighted by molar-refractivity contribution is 5.91. The van der Waals surface area contributed by atoms with Gasteiger partial charge in [0.05, 0.1) is 11.0 Å². The van der Waals surface area contributed by atoms with Crippen molar-refractivity contribution >= 4 is 45.4 Å². The van der Waals surface area contributed by atoms with Gasteiger partial charge in [-0.15, -0.1) is 6.58 Å². The molecule has 6 heteroatoms. The van der Waals surface area contributed by atoms with Crippen LogP contribution in [0, 0.1) is 5.92 Å². The SMILES string of the molecule is C=CCC1c2ccccc2N2c3nc4ccccc4nc3N(c3ccccc3)C2C1C1c2ccccc2N2C=CN(c3ccccc3)C12. The minimum absolute atomic E-state index is 0.0653. The largest absolute Gasteiger partial charge is 0.325 e. The Hall–Kier alpha value is -5.88. The molecule has 232 valence electrons. The highest BCUT2D eigenvalue weighted by Gasteiger charge is 2.58. The van der Waals surface area contributed by atoms with E-state index in [-0.39, 0.29) is 30.1 Å². The molecule has 5 unspecified atom stereocenters. The van der Waals surface area contributed by atoms with Gasteiger partial charge in [0.15, 0.2) is 11.6 Å². The third kappa shape index (κ3) is 3.80. The monoisotopic (exact) mass is 622 g/mol. The first kappa shape index (κ1) is 27.3. The van der Waals surface area contributed by atoms with Crippen LogP contribution in [-0.4, -0.2) is 22.3 Å². The molecule has 0 bridgehead atoms. The Balaban J connectivity index is 1.26. The van der Waals surface area contributed by atoms with Crippen LogP contribution in [0.25, 0.3) is 11.0 Å². The van der Waals surface area contributed by atoms with Crippen LogP contribution in [0.15, 0.2) is 159 Å². The summed E-state index contributed by atoms with van der Waals surface area (Å²) in [6.07, 6.45) is 7.48. The van der Waals surface area contributed by atoms with Gasteiger partial charge >= 0.3 is 0 Å². The third-order valence-electron chi connectivity index (χ3n) is 10.7. The van der Waals surface area contributed by atoms with Gasteiger partial charge in [0, 0.05) is 47.0 Å². The lowest BCUT2D eigenvalue weighted by Crippen LogP contribution is -2.55. The lowest BCUT2D eigenvalue weighted by Gasteiger charge is -2.50. The second-order valence-corrected chi connectivity index (χ2v) is 13.1. The number of rotatable bonds is 5. The first-order valence-corrected chi connectivity index (χ1v) is 16.8. The smallest absolute Gasteiger partial charge is 0.179 e. The first-order valence-electron chi connectivity index (χ1n) is 16.8. The molecular weight excluding hydrogens is 589 g/mol. The average molecular weight is 623 g/mol. The number of fused-ring (bicyclic) bond motifs is 9. The Kier molecular flexibility index (Phi) is 6.00. The zero-order valence-corrected chi connectivity index (χ0v) is 26.4. The van der Waals surface area contributed by atoms with Crippen molar-refractivity contribution in [2.75, 3.05) is 19.6 Å². The Bertz CT molecular complexity index is 2220. The van der Waals surface area contributed by atoms with Gasteiger partial charge in [0.2, 0.25) is 0 Å². The van der Waals surface area contributed by atoms with E-state index < -0.39 is 0 Å². The standard InChI is InChI=1S/C42H34N6/c1-2-15-31-30-20-9-14-25-36(30)48-40-39(43-33-22-11-12-23-34(33)44-40)47(29-18-7-4-8-19-29)42(48)37(31)38-32-21-10-13-24-35(32)46-27-26-45(41(38)46)28-16-5-3-6-17-28/h2-14,16-27,31,37-38,41-42H,1,15H2. The van der Waals surface area contributed by atoms with Gasteiger partial charge in [-0.25, -0.2) is 9.97 Å². The molecule has 6 nitrogen and oxygen atoms in total. The van der Waals surface area contributed by atoms with Crippen molar-refractivity contribution in [2.24, 2.45) is 5.92 Å². The van der Waals surface area contributed by atoms with Crippen molar-refractivity contribution in [2.45, 2.75) is 30.6 Å². The van der Waals surface area contributed by atoms with Gasteiger partial charge in [0.1, 0.15) is 12.3 Å². The number of aromatic nitrogens is 2. The predicted molar refractivity (Wildman–Crippen MR) is 195 cm³/mol. The van der Waals surface area contributed by atoms with E-state index in [9.17, 15) is 0 Å². The summed E-state index contributed by atoms with van der Waals surface area (Å²) < 4.78 is 0. The predicted octanol–water partition coefficient (Wildman–Crippen LogP) is 9.46. The second kappa shape index (κ2) is 10.6. The Morgan fingerprint density at radius 2 is 1.10 bits per heavy atom. The highest BCUT2D eigenvalue weighted by atomic mass is 15.5. The summed E-state index contributed by atoms with van der Waals surface area (Å²) in [5.41, 5.74) is 9.29. The second-order valence-electron chi connectivity index (χ2n) is 13.1. The fourth-order valence-electron chi connectivity index (χ4n) is 8.90. The van der Waals surface area contributed by atoms with Crippen LogP contribution in [-0.2, 0) is 0 Å². The first-order chi connectivity index (χ1) is 23.8. The van der Waals surface area contributed by atoms with Gasteiger partial charge in [-0.1, -0.05) is 91.0 Å². The molecule has 5 heterocycles. The molecule has 0 aliphatic carbocycles. The fraction of sp³-hybridized carbons (Fsp3) is 0.143. The van der Waals surface area contributed by atoms with Crippen LogP contribution < -0.4 is 19.6 Å². The van der Waals surface area contributed by atoms with E-state index in [2.05, 4.69) is 166 Å². The normalized spacial score (nSPS) is 23.1. The molecule has 5 atom stereocenters. The molecule has 1 aromatic heterocycles. The minimum atomic E-state index is -0.0877. The Morgan fingerprint density at radius 1 is 0.542 bits per heavy atom. The number of para-hydroxylation sites is 6. The minimum Gasteiger partial charge on any atom is -0.325 e. The number of hydrogen-bond acceptors (Lipinski definition) is 6. The summed E-state index contributed by atoms with van der Waals surface area (Å²) in [6, 6.07) is 47.8. The number of allylic oxidation sites excluding steroid dienone is 1. The van der Waals surface area contributed by atoms with Crippen LogP contribution in [0.3, 0.4) is 0 Å². The van der Waals surface area contributed by atoms with Crippen molar-refractivity contribution in [3.63, 3.8) is 0 Å². The zero-order valence-electron chi connectivity index (χ0n) is 26.4. The van der Waals surface area contributed by atoms with E-state index in [1.165, 1.54) is 28.2 Å². The topological polar surface area (TPSA) is 38.7 Å². The molecule has 0 fully saturated rings. The number of hydrogen-bond donors (Lipinski definition) is 0. The lowest BCUT2D eigenvalue weighted by molar-refractivity contribution is 0.268. The van der Waals surface area contributed by atoms with E-state index in [1.807, 2.05) is 12.1 Å². The fourth-order valence-corrected chi connectivity index (χ4v) is 8.90. The molecule has 6 aromatic rings. The van der Waals surface area contributed by atoms with Gasteiger partial charge in [0.25, 0.3) is 0 Å². The Morgan fingerprint density at radius 3 is 1.81 bits per heavy atom. The molecular formula is C42H34N6. The maximum Gasteiger partial charge on any atom is 0.179 e. The molecule has 10 rings (SSSR count). The third-order valence-corrected chi connectivity index (χ3v) is 10.7. The van der Waals surface area contributed by atoms with E-state index in [0.717, 1.165) is 34.8 Å². The van der Waals surface area contributed by atoms with Gasteiger partial charge in [-0.05, 0) is 72.0 Å². The molecule has 4 aliphatic heterocycles. The summed E-state index contributed by atoms with van der Waals surface area (Å²) in [6.45, 7) is 4.32. The van der Waals surface area contributed by atoms with Gasteiger partial charge in [-0.3, -0.25) is 0 Å². The summed E-state index contributed by atoms with van der Waals surface area (Å²) in [4.78, 5) is 20.7. The van der Waals surface area contributed by atoms with E-state index in [0.29, 0.717) is 0 Å². The van der Waals surface area contributed by atoms with Gasteiger partial charge in [-0.2, -0.15) is 0 Å². The quantitative estimate of drug-likeness (QED) is 0.178. The van der Waals surface area contributed by atoms with Crippen LogP contribution in [0.2, 0.25) is 0 Å². The number of anilines is 6. The lowest BCUT2D eigenvalue weighted by atomic mass is 9.68. The number of nitrogens with zero attached hydrogens (tertiary/aromatic N) is 6. The van der Waals surface area contributed by atoms with E-state index >= 15 is 0 Å². The molecule has 0 saturated carbocycles. The summed E-state index contributed by atoms with van der Waals surface area (Å²) >= 11 is 0. The summed E-state index contributed by atoms with van der Waals surface area (Å²) in [5, 5.41) is 0. The summed E-state index contributed by atoms with van der Waals surface area (Å²) in [7, 11) is 0. The molecule has 0 spiro atoms. The maximum atomic E-state index is 5.39. The van der Waals surface area contributed by atoms with E-state index in [1.54, 1.807) is 0 Å². The van der Waals surface area contributed by atoms with Gasteiger partial charge < -0.3 is 19.6 Å². The van der Waals surface area contributed by atoms with E-state index in [4.69, 9.17) is 9.97 Å². The van der Waals surface area contributed by atoms with Crippen LogP contribution in [0.4, 0.5) is 34.4 Å². The van der Waals surface area contributed by atoms with Crippen molar-refractivity contribution in [1.29, 1.82) is 0 Å². The van der Waals surface area contributed by atoms with Crippen LogP contribution in [0.1, 0.15) is 29.4 Å². The zero-order chi connectivity index (χ0) is 31.8. The number of benzene rings is 5. The van der Waals surface area contributed by atoms with Crippen LogP contribution in [0.5, 0.6) is 0 Å². The van der Waals surface area contributed by atoms with Crippen molar-refractivity contribution in [3.8, 4) is 0 Å². The molecule has 0 saturated heterocycles. The molecule has 0 radical (unpaired) electrons. The van der Waals surface area contributed by atoms with Crippen molar-refractivity contribution in [3.05, 3.63) is 170 Å². The molecule has 0 amide bonds. The molecule has 48 heavy (non-hydrogen) atoms. The maximum absolute atomic E-state index is 5.39. The van der Waals surface area contributed by atoms with Crippen LogP contribution >= 0.6 is 0 Å². The van der Waals surface area contributed by atoms with Crippen molar-refractivity contribution in [1.82, 2.24) is 9.97 Å². The van der Waals surface area contributed by atoms with Crippen molar-refractivity contribution < 1.29 is 0 Å². The molecule has 0 N–H and O–H groups in total.